The predicted octanol–water partition coefficient (Wildman–Crippen LogP) is 3.30. The third kappa shape index (κ3) is 2.96. The van der Waals surface area contributed by atoms with Crippen LogP contribution in [-0.2, 0) is 6.54 Å². The van der Waals surface area contributed by atoms with Crippen molar-refractivity contribution in [1.82, 2.24) is 5.16 Å². The van der Waals surface area contributed by atoms with E-state index in [0.717, 1.165) is 32.7 Å². The highest BCUT2D eigenvalue weighted by Crippen LogP contribution is 2.25. The summed E-state index contributed by atoms with van der Waals surface area (Å²) >= 11 is 8.54. The molecule has 6 heteroatoms. The van der Waals surface area contributed by atoms with Gasteiger partial charge in [0.1, 0.15) is 10.7 Å². The van der Waals surface area contributed by atoms with Gasteiger partial charge in [0.15, 0.2) is 0 Å². The molecule has 3 N–H and O–H groups in total. The van der Waals surface area contributed by atoms with Crippen LogP contribution in [0.1, 0.15) is 22.6 Å². The highest BCUT2D eigenvalue weighted by atomic mass is 79.9. The van der Waals surface area contributed by atoms with Crippen molar-refractivity contribution in [2.24, 2.45) is 5.73 Å². The number of hydrogen-bond donors (Lipinski definition) is 2. The Hall–Kier alpha value is -1.40. The van der Waals surface area contributed by atoms with Gasteiger partial charge >= 0.3 is 0 Å². The highest BCUT2D eigenvalue weighted by Gasteiger charge is 2.12. The maximum Gasteiger partial charge on any atom is 0.138 e. The van der Waals surface area contributed by atoms with Gasteiger partial charge in [0, 0.05) is 27.8 Å². The summed E-state index contributed by atoms with van der Waals surface area (Å²) in [4.78, 5) is 0.355. The SMILES string of the molecule is Cc1noc(C)c1CNc1cccc(Br)c1C(N)=S. The van der Waals surface area contributed by atoms with E-state index in [0.29, 0.717) is 11.5 Å². The van der Waals surface area contributed by atoms with E-state index < -0.39 is 0 Å². The number of aryl methyl sites for hydroxylation is 2. The second-order valence-electron chi connectivity index (χ2n) is 4.18. The molecule has 0 aliphatic heterocycles. The Balaban J connectivity index is 2.25. The first-order chi connectivity index (χ1) is 9.00. The summed E-state index contributed by atoms with van der Waals surface area (Å²) in [7, 11) is 0. The van der Waals surface area contributed by atoms with Gasteiger partial charge in [-0.3, -0.25) is 0 Å². The van der Waals surface area contributed by atoms with E-state index in [2.05, 4.69) is 26.4 Å². The summed E-state index contributed by atoms with van der Waals surface area (Å²) < 4.78 is 6.01. The molecule has 2 rings (SSSR count). The molecule has 0 fully saturated rings. The largest absolute Gasteiger partial charge is 0.389 e. The lowest BCUT2D eigenvalue weighted by molar-refractivity contribution is 0.392. The number of rotatable bonds is 4. The third-order valence-corrected chi connectivity index (χ3v) is 3.76. The lowest BCUT2D eigenvalue weighted by Gasteiger charge is -2.12. The van der Waals surface area contributed by atoms with Crippen LogP contribution in [0.4, 0.5) is 5.69 Å². The van der Waals surface area contributed by atoms with Gasteiger partial charge in [0.05, 0.1) is 5.69 Å². The first-order valence-electron chi connectivity index (χ1n) is 5.74. The zero-order valence-electron chi connectivity index (χ0n) is 10.7. The van der Waals surface area contributed by atoms with E-state index in [-0.39, 0.29) is 0 Å². The number of thiocarbonyl (C=S) groups is 1. The number of benzene rings is 1. The summed E-state index contributed by atoms with van der Waals surface area (Å²) in [6.45, 7) is 4.43. The van der Waals surface area contributed by atoms with Crippen molar-refractivity contribution in [3.05, 3.63) is 45.3 Å². The van der Waals surface area contributed by atoms with Crippen LogP contribution in [0.2, 0.25) is 0 Å². The first kappa shape index (κ1) is 14.0. The van der Waals surface area contributed by atoms with Gasteiger partial charge in [-0.1, -0.05) is 23.4 Å². The molecule has 100 valence electrons. The maximum atomic E-state index is 5.75. The Morgan fingerprint density at radius 2 is 2.21 bits per heavy atom. The maximum absolute atomic E-state index is 5.75. The van der Waals surface area contributed by atoms with E-state index in [9.17, 15) is 0 Å². The lowest BCUT2D eigenvalue weighted by atomic mass is 10.1. The Morgan fingerprint density at radius 1 is 1.47 bits per heavy atom. The molecule has 4 nitrogen and oxygen atoms in total. The molecule has 1 aromatic carbocycles. The van der Waals surface area contributed by atoms with Crippen molar-refractivity contribution in [3.8, 4) is 0 Å². The molecule has 0 saturated heterocycles. The number of nitrogens with zero attached hydrogens (tertiary/aromatic N) is 1. The molecule has 0 saturated carbocycles. The van der Waals surface area contributed by atoms with Gasteiger partial charge < -0.3 is 15.6 Å². The van der Waals surface area contributed by atoms with Crippen LogP contribution in [0.3, 0.4) is 0 Å². The number of aromatic nitrogens is 1. The smallest absolute Gasteiger partial charge is 0.138 e. The fourth-order valence-corrected chi connectivity index (χ4v) is 2.79. The average Bonchev–Trinajstić information content (AvgIpc) is 2.66. The van der Waals surface area contributed by atoms with Gasteiger partial charge in [0.2, 0.25) is 0 Å². The van der Waals surface area contributed by atoms with Crippen molar-refractivity contribution < 1.29 is 4.52 Å². The zero-order valence-corrected chi connectivity index (χ0v) is 13.1. The molecular weight excluding hydrogens is 326 g/mol. The Kier molecular flexibility index (Phi) is 4.21. The van der Waals surface area contributed by atoms with E-state index in [1.807, 2.05) is 32.0 Å². The molecule has 0 unspecified atom stereocenters. The minimum atomic E-state index is 0.355. The molecule has 0 bridgehead atoms. The quantitative estimate of drug-likeness (QED) is 0.836. The molecule has 0 aliphatic rings. The van der Waals surface area contributed by atoms with Crippen molar-refractivity contribution >= 4 is 38.8 Å². The molecule has 0 amide bonds. The van der Waals surface area contributed by atoms with Crippen molar-refractivity contribution in [2.75, 3.05) is 5.32 Å². The molecule has 19 heavy (non-hydrogen) atoms. The predicted molar refractivity (Wildman–Crippen MR) is 83.3 cm³/mol. The van der Waals surface area contributed by atoms with E-state index in [4.69, 9.17) is 22.5 Å². The Bertz CT molecular complexity index is 605. The van der Waals surface area contributed by atoms with Crippen molar-refractivity contribution in [2.45, 2.75) is 20.4 Å². The third-order valence-electron chi connectivity index (χ3n) is 2.90. The van der Waals surface area contributed by atoms with E-state index in [1.54, 1.807) is 0 Å². The first-order valence-corrected chi connectivity index (χ1v) is 6.94. The molecule has 1 aromatic heterocycles. The van der Waals surface area contributed by atoms with Crippen molar-refractivity contribution in [3.63, 3.8) is 0 Å². The van der Waals surface area contributed by atoms with Crippen LogP contribution in [0.25, 0.3) is 0 Å². The molecule has 0 aliphatic carbocycles. The lowest BCUT2D eigenvalue weighted by Crippen LogP contribution is -2.14. The van der Waals surface area contributed by atoms with Gasteiger partial charge in [-0.2, -0.15) is 0 Å². The number of anilines is 1. The van der Waals surface area contributed by atoms with E-state index in [1.165, 1.54) is 0 Å². The summed E-state index contributed by atoms with van der Waals surface area (Å²) in [6.07, 6.45) is 0. The van der Waals surface area contributed by atoms with Crippen LogP contribution >= 0.6 is 28.1 Å². The summed E-state index contributed by atoms with van der Waals surface area (Å²) in [5, 5.41) is 7.25. The number of hydrogen-bond acceptors (Lipinski definition) is 4. The summed E-state index contributed by atoms with van der Waals surface area (Å²) in [6, 6.07) is 5.79. The number of nitrogens with two attached hydrogens (primary N) is 1. The molecule has 1 heterocycles. The van der Waals surface area contributed by atoms with Crippen LogP contribution in [-0.4, -0.2) is 10.1 Å². The second kappa shape index (κ2) is 5.71. The molecule has 0 spiro atoms. The molecule has 0 atom stereocenters. The molecule has 2 aromatic rings. The molecular formula is C13H14BrN3OS. The minimum absolute atomic E-state index is 0.355. The Morgan fingerprint density at radius 3 is 2.79 bits per heavy atom. The molecule has 0 radical (unpaired) electrons. The summed E-state index contributed by atoms with van der Waals surface area (Å²) in [5.41, 5.74) is 9.39. The van der Waals surface area contributed by atoms with Crippen LogP contribution in [0, 0.1) is 13.8 Å². The Labute approximate surface area is 125 Å². The second-order valence-corrected chi connectivity index (χ2v) is 5.48. The fourth-order valence-electron chi connectivity index (χ4n) is 1.86. The minimum Gasteiger partial charge on any atom is -0.389 e. The topological polar surface area (TPSA) is 64.1 Å². The van der Waals surface area contributed by atoms with Gasteiger partial charge in [-0.05, 0) is 41.9 Å². The van der Waals surface area contributed by atoms with Gasteiger partial charge in [0.25, 0.3) is 0 Å². The monoisotopic (exact) mass is 339 g/mol. The fraction of sp³-hybridized carbons (Fsp3) is 0.231. The van der Waals surface area contributed by atoms with Crippen LogP contribution in [0.5, 0.6) is 0 Å². The van der Waals surface area contributed by atoms with Gasteiger partial charge in [-0.15, -0.1) is 0 Å². The van der Waals surface area contributed by atoms with Crippen molar-refractivity contribution in [1.29, 1.82) is 0 Å². The number of halogens is 1. The van der Waals surface area contributed by atoms with E-state index >= 15 is 0 Å². The highest BCUT2D eigenvalue weighted by molar-refractivity contribution is 9.10. The van der Waals surface area contributed by atoms with Gasteiger partial charge in [-0.25, -0.2) is 0 Å². The van der Waals surface area contributed by atoms with Crippen LogP contribution in [0.15, 0.2) is 27.2 Å². The standard InChI is InChI=1S/C13H14BrN3OS/c1-7-9(8(2)18-17-7)6-16-11-5-3-4-10(14)12(11)13(15)19/h3-5,16H,6H2,1-2H3,(H2,15,19). The van der Waals surface area contributed by atoms with Crippen LogP contribution < -0.4 is 11.1 Å². The number of nitrogens with one attached hydrogen (secondary N) is 1. The zero-order chi connectivity index (χ0) is 14.0. The summed E-state index contributed by atoms with van der Waals surface area (Å²) in [5.74, 6) is 0.817. The average molecular weight is 340 g/mol. The normalized spacial score (nSPS) is 10.5.